The number of hydrogen-bond acceptors (Lipinski definition) is 3. The van der Waals surface area contributed by atoms with E-state index in [4.69, 9.17) is 22.1 Å². The molecule has 1 saturated carbocycles. The van der Waals surface area contributed by atoms with Gasteiger partial charge in [-0.25, -0.2) is 0 Å². The van der Waals surface area contributed by atoms with E-state index in [0.29, 0.717) is 13.2 Å². The largest absolute Gasteiger partial charge is 0.382 e. The van der Waals surface area contributed by atoms with E-state index < -0.39 is 0 Å². The van der Waals surface area contributed by atoms with Crippen molar-refractivity contribution >= 4 is 7.85 Å². The highest BCUT2D eigenvalue weighted by Crippen LogP contribution is 2.46. The van der Waals surface area contributed by atoms with Crippen molar-refractivity contribution in [2.75, 3.05) is 20.3 Å². The summed E-state index contributed by atoms with van der Waals surface area (Å²) in [7, 11) is 7.78. The van der Waals surface area contributed by atoms with E-state index in [1.807, 2.05) is 6.92 Å². The topological polar surface area (TPSA) is 27.7 Å². The average Bonchev–Trinajstić information content (AvgIpc) is 2.43. The fourth-order valence-corrected chi connectivity index (χ4v) is 3.12. The van der Waals surface area contributed by atoms with Crippen LogP contribution in [0, 0.1) is 5.92 Å². The second-order valence-corrected chi connectivity index (χ2v) is 5.07. The normalized spacial score (nSPS) is 41.5. The molecule has 1 saturated heterocycles. The maximum absolute atomic E-state index is 6.09. The number of ether oxygens (including phenoxy) is 3. The molecule has 0 amide bonds. The first kappa shape index (κ1) is 13.1. The maximum atomic E-state index is 6.09. The molecule has 1 heterocycles. The lowest BCUT2D eigenvalue weighted by Crippen LogP contribution is -2.46. The summed E-state index contributed by atoms with van der Waals surface area (Å²) in [4.78, 5) is 0. The Bertz CT molecular complexity index is 294. The first-order valence-corrected chi connectivity index (χ1v) is 6.33. The summed E-state index contributed by atoms with van der Waals surface area (Å²) >= 11 is 0. The van der Waals surface area contributed by atoms with Gasteiger partial charge in [-0.2, -0.15) is 0 Å². The van der Waals surface area contributed by atoms with Crippen molar-refractivity contribution in [2.24, 2.45) is 5.92 Å². The van der Waals surface area contributed by atoms with Crippen molar-refractivity contribution in [1.29, 1.82) is 0 Å². The Morgan fingerprint density at radius 3 is 3.00 bits per heavy atom. The summed E-state index contributed by atoms with van der Waals surface area (Å²) < 4.78 is 17.2. The number of fused-ring (bicyclic) bond motifs is 2. The van der Waals surface area contributed by atoms with E-state index in [2.05, 4.69) is 6.58 Å². The number of rotatable bonds is 4. The van der Waals surface area contributed by atoms with E-state index in [1.54, 1.807) is 7.11 Å². The molecular weight excluding hydrogens is 215 g/mol. The molecular formula is C13H21BO3. The fraction of sp³-hybridized carbons (Fsp3) is 0.846. The number of allylic oxidation sites excluding steroid dienone is 1. The Morgan fingerprint density at radius 1 is 1.59 bits per heavy atom. The van der Waals surface area contributed by atoms with Gasteiger partial charge in [0.1, 0.15) is 13.4 Å². The Hall–Kier alpha value is -0.315. The van der Waals surface area contributed by atoms with Crippen LogP contribution < -0.4 is 0 Å². The molecule has 4 heteroatoms. The van der Waals surface area contributed by atoms with Crippen LogP contribution in [0.2, 0.25) is 0 Å². The first-order valence-electron chi connectivity index (χ1n) is 6.33. The second kappa shape index (κ2) is 5.13. The zero-order valence-corrected chi connectivity index (χ0v) is 10.8. The van der Waals surface area contributed by atoms with Crippen LogP contribution in [0.25, 0.3) is 0 Å². The lowest BCUT2D eigenvalue weighted by molar-refractivity contribution is -0.127. The van der Waals surface area contributed by atoms with Crippen LogP contribution in [0.15, 0.2) is 12.2 Å². The minimum absolute atomic E-state index is 0.0294. The fourth-order valence-electron chi connectivity index (χ4n) is 3.12. The lowest BCUT2D eigenvalue weighted by atomic mass is 9.80. The quantitative estimate of drug-likeness (QED) is 0.548. The molecule has 17 heavy (non-hydrogen) atoms. The molecule has 1 aliphatic carbocycles. The van der Waals surface area contributed by atoms with Crippen LogP contribution in [-0.4, -0.2) is 45.9 Å². The summed E-state index contributed by atoms with van der Waals surface area (Å²) in [6.45, 7) is 7.32. The third kappa shape index (κ3) is 2.31. The molecule has 4 atom stereocenters. The van der Waals surface area contributed by atoms with Crippen LogP contribution >= 0.6 is 0 Å². The zero-order valence-electron chi connectivity index (χ0n) is 10.8. The molecule has 0 aromatic carbocycles. The Labute approximate surface area is 105 Å². The smallest absolute Gasteiger partial charge is 0.117 e. The molecule has 0 aromatic heterocycles. The molecule has 2 aliphatic rings. The van der Waals surface area contributed by atoms with Gasteiger partial charge in [0.05, 0.1) is 12.7 Å². The van der Waals surface area contributed by atoms with Gasteiger partial charge in [-0.05, 0) is 26.2 Å². The van der Waals surface area contributed by atoms with Crippen molar-refractivity contribution < 1.29 is 14.2 Å². The molecule has 3 nitrogen and oxygen atoms in total. The van der Waals surface area contributed by atoms with Crippen LogP contribution in [0.4, 0.5) is 0 Å². The highest BCUT2D eigenvalue weighted by atomic mass is 16.6. The third-order valence-corrected chi connectivity index (χ3v) is 3.86. The summed E-state index contributed by atoms with van der Waals surface area (Å²) in [5, 5.41) is 0. The van der Waals surface area contributed by atoms with Gasteiger partial charge in [-0.3, -0.25) is 0 Å². The van der Waals surface area contributed by atoms with E-state index >= 15 is 0 Å². The van der Waals surface area contributed by atoms with E-state index in [0.717, 1.165) is 19.3 Å². The van der Waals surface area contributed by atoms with E-state index in [9.17, 15) is 0 Å². The van der Waals surface area contributed by atoms with Crippen molar-refractivity contribution in [2.45, 2.75) is 43.9 Å². The maximum Gasteiger partial charge on any atom is 0.117 e. The third-order valence-electron chi connectivity index (χ3n) is 3.86. The van der Waals surface area contributed by atoms with Crippen molar-refractivity contribution in [1.82, 2.24) is 0 Å². The van der Waals surface area contributed by atoms with Gasteiger partial charge in [-0.15, -0.1) is 0 Å². The Kier molecular flexibility index (Phi) is 3.96. The highest BCUT2D eigenvalue weighted by molar-refractivity contribution is 6.11. The molecule has 2 fully saturated rings. The molecule has 2 rings (SSSR count). The minimum Gasteiger partial charge on any atom is -0.382 e. The predicted octanol–water partition coefficient (Wildman–Crippen LogP) is 1.66. The van der Waals surface area contributed by atoms with Crippen molar-refractivity contribution in [3.8, 4) is 0 Å². The van der Waals surface area contributed by atoms with Gasteiger partial charge in [0.15, 0.2) is 0 Å². The Morgan fingerprint density at radius 2 is 2.35 bits per heavy atom. The first-order chi connectivity index (χ1) is 8.13. The summed E-state index contributed by atoms with van der Waals surface area (Å²) in [5.74, 6) is 0.208. The van der Waals surface area contributed by atoms with Gasteiger partial charge < -0.3 is 14.2 Å². The number of methoxy groups -OCH3 is 1. The SMILES string of the molecule is [B][C@@H]1O[C@]2(COC)CCC(=C)CC1[C@@H]2OCC. The van der Waals surface area contributed by atoms with Crippen molar-refractivity contribution in [3.05, 3.63) is 12.2 Å². The molecule has 94 valence electrons. The van der Waals surface area contributed by atoms with Crippen LogP contribution in [0.1, 0.15) is 26.2 Å². The van der Waals surface area contributed by atoms with Crippen LogP contribution in [0.3, 0.4) is 0 Å². The summed E-state index contributed by atoms with van der Waals surface area (Å²) in [6, 6.07) is -0.265. The number of hydrogen-bond donors (Lipinski definition) is 0. The van der Waals surface area contributed by atoms with Gasteiger partial charge >= 0.3 is 0 Å². The predicted molar refractivity (Wildman–Crippen MR) is 67.1 cm³/mol. The molecule has 0 spiro atoms. The summed E-state index contributed by atoms with van der Waals surface area (Å²) in [5.41, 5.74) is 0.866. The molecule has 2 radical (unpaired) electrons. The molecule has 0 N–H and O–H groups in total. The Balaban J connectivity index is 2.27. The lowest BCUT2D eigenvalue weighted by Gasteiger charge is -2.33. The zero-order chi connectivity index (χ0) is 12.5. The highest BCUT2D eigenvalue weighted by Gasteiger charge is 2.54. The van der Waals surface area contributed by atoms with E-state index in [-0.39, 0.29) is 23.6 Å². The second-order valence-electron chi connectivity index (χ2n) is 5.07. The molecule has 2 bridgehead atoms. The van der Waals surface area contributed by atoms with Crippen LogP contribution in [-0.2, 0) is 14.2 Å². The van der Waals surface area contributed by atoms with E-state index in [1.165, 1.54) is 5.57 Å². The van der Waals surface area contributed by atoms with Gasteiger partial charge in [0, 0.05) is 25.6 Å². The molecule has 1 unspecified atom stereocenters. The van der Waals surface area contributed by atoms with Crippen LogP contribution in [0.5, 0.6) is 0 Å². The van der Waals surface area contributed by atoms with Gasteiger partial charge in [0.25, 0.3) is 0 Å². The van der Waals surface area contributed by atoms with Gasteiger partial charge in [-0.1, -0.05) is 12.2 Å². The minimum atomic E-state index is -0.381. The monoisotopic (exact) mass is 236 g/mol. The molecule has 1 aliphatic heterocycles. The molecule has 0 aromatic rings. The standard InChI is InChI=1S/C13H21BO3/c1-4-16-11-10-7-9(2)5-6-13(11,8-15-3)17-12(10)14/h10-12H,2,4-8H2,1,3H3/t10?,11-,12+,13-/m0/s1. The van der Waals surface area contributed by atoms with Gasteiger partial charge in [0.2, 0.25) is 0 Å². The summed E-state index contributed by atoms with van der Waals surface area (Å²) in [6.07, 6.45) is 2.78. The average molecular weight is 236 g/mol. The van der Waals surface area contributed by atoms with Crippen molar-refractivity contribution in [3.63, 3.8) is 0 Å².